The number of carboxylic acid groups (broad SMARTS) is 1. The lowest BCUT2D eigenvalue weighted by Crippen LogP contribution is -2.44. The summed E-state index contributed by atoms with van der Waals surface area (Å²) in [5.74, 6) is -1.12. The van der Waals surface area contributed by atoms with Crippen LogP contribution in [0.4, 0.5) is 10.7 Å². The number of benzene rings is 2. The minimum atomic E-state index is -1.15. The second kappa shape index (κ2) is 7.23. The molecular formula is C22H19NO5. The Labute approximate surface area is 162 Å². The van der Waals surface area contributed by atoms with Gasteiger partial charge >= 0.3 is 12.1 Å². The summed E-state index contributed by atoms with van der Waals surface area (Å²) in [5, 5.41) is 9.35. The molecule has 2 aromatic carbocycles. The lowest BCUT2D eigenvalue weighted by atomic mass is 9.98. The smallest absolute Gasteiger partial charge is 0.417 e. The quantitative estimate of drug-likeness (QED) is 0.708. The summed E-state index contributed by atoms with van der Waals surface area (Å²) >= 11 is 0. The molecule has 0 bridgehead atoms. The Morgan fingerprint density at radius 3 is 2.18 bits per heavy atom. The summed E-state index contributed by atoms with van der Waals surface area (Å²) in [4.78, 5) is 25.2. The third kappa shape index (κ3) is 3.03. The van der Waals surface area contributed by atoms with E-state index in [4.69, 9.17) is 9.15 Å². The van der Waals surface area contributed by atoms with Gasteiger partial charge in [-0.2, -0.15) is 0 Å². The lowest BCUT2D eigenvalue weighted by molar-refractivity contribution is -0.138. The number of carbonyl (C=O) groups excluding carboxylic acids is 1. The highest BCUT2D eigenvalue weighted by Gasteiger charge is 2.33. The predicted molar refractivity (Wildman–Crippen MR) is 103 cm³/mol. The van der Waals surface area contributed by atoms with Gasteiger partial charge in [0.1, 0.15) is 12.6 Å². The van der Waals surface area contributed by atoms with Crippen molar-refractivity contribution in [2.45, 2.75) is 18.9 Å². The van der Waals surface area contributed by atoms with Crippen molar-refractivity contribution in [1.82, 2.24) is 0 Å². The number of aliphatic carboxylic acids is 1. The fraction of sp³-hybridized carbons (Fsp3) is 0.182. The van der Waals surface area contributed by atoms with E-state index < -0.39 is 18.1 Å². The summed E-state index contributed by atoms with van der Waals surface area (Å²) in [6, 6.07) is 18.0. The van der Waals surface area contributed by atoms with E-state index in [9.17, 15) is 14.7 Å². The van der Waals surface area contributed by atoms with Gasteiger partial charge in [0.05, 0.1) is 6.26 Å². The van der Waals surface area contributed by atoms with E-state index in [2.05, 4.69) is 12.1 Å². The standard InChI is InChI=1S/C22H19NO5/c1-14(21(24)25)23(20-11-6-12-27-20)22(26)28-13-19-17-9-4-2-7-15(17)16-8-3-5-10-18(16)19/h2-12,14,19H,13H2,1H3,(H,24,25). The topological polar surface area (TPSA) is 80.0 Å². The number of anilines is 1. The summed E-state index contributed by atoms with van der Waals surface area (Å²) < 4.78 is 10.8. The molecule has 6 heteroatoms. The van der Waals surface area contributed by atoms with Crippen molar-refractivity contribution >= 4 is 17.9 Å². The molecule has 4 rings (SSSR count). The minimum Gasteiger partial charge on any atom is -0.480 e. The van der Waals surface area contributed by atoms with E-state index in [1.807, 2.05) is 36.4 Å². The van der Waals surface area contributed by atoms with E-state index in [-0.39, 0.29) is 18.4 Å². The molecule has 1 amide bonds. The van der Waals surface area contributed by atoms with Crippen molar-refractivity contribution in [2.75, 3.05) is 11.5 Å². The van der Waals surface area contributed by atoms with Gasteiger partial charge in [0.15, 0.2) is 0 Å². The van der Waals surface area contributed by atoms with Crippen molar-refractivity contribution in [2.24, 2.45) is 0 Å². The molecule has 1 N–H and O–H groups in total. The molecule has 0 aliphatic heterocycles. The van der Waals surface area contributed by atoms with Gasteiger partial charge in [-0.25, -0.2) is 14.5 Å². The zero-order valence-electron chi connectivity index (χ0n) is 15.2. The van der Waals surface area contributed by atoms with Gasteiger partial charge in [0.25, 0.3) is 0 Å². The van der Waals surface area contributed by atoms with Crippen molar-refractivity contribution < 1.29 is 23.8 Å². The SMILES string of the molecule is CC(C(=O)O)N(C(=O)OCC1c2ccccc2-c2ccccc21)c1ccco1. The summed E-state index contributed by atoms with van der Waals surface area (Å²) in [7, 11) is 0. The Morgan fingerprint density at radius 2 is 1.64 bits per heavy atom. The third-order valence-corrected chi connectivity index (χ3v) is 5.02. The molecule has 1 aromatic heterocycles. The number of amides is 1. The van der Waals surface area contributed by atoms with E-state index in [1.165, 1.54) is 19.3 Å². The molecule has 28 heavy (non-hydrogen) atoms. The number of fused-ring (bicyclic) bond motifs is 3. The Morgan fingerprint density at radius 1 is 1.04 bits per heavy atom. The van der Waals surface area contributed by atoms with Crippen LogP contribution in [0.25, 0.3) is 11.1 Å². The maximum Gasteiger partial charge on any atom is 0.417 e. The van der Waals surface area contributed by atoms with Gasteiger partial charge < -0.3 is 14.3 Å². The normalized spacial score (nSPS) is 13.5. The van der Waals surface area contributed by atoms with Crippen LogP contribution in [-0.4, -0.2) is 29.8 Å². The largest absolute Gasteiger partial charge is 0.480 e. The van der Waals surface area contributed by atoms with E-state index >= 15 is 0 Å². The minimum absolute atomic E-state index is 0.102. The van der Waals surface area contributed by atoms with Gasteiger partial charge in [-0.3, -0.25) is 0 Å². The van der Waals surface area contributed by atoms with Crippen LogP contribution in [0.15, 0.2) is 71.3 Å². The van der Waals surface area contributed by atoms with Crippen molar-refractivity contribution in [3.63, 3.8) is 0 Å². The predicted octanol–water partition coefficient (Wildman–Crippen LogP) is 4.51. The number of carboxylic acids is 1. The molecular weight excluding hydrogens is 358 g/mol. The van der Waals surface area contributed by atoms with Crippen molar-refractivity contribution in [3.8, 4) is 11.1 Å². The summed E-state index contributed by atoms with van der Waals surface area (Å²) in [5.41, 5.74) is 4.43. The van der Waals surface area contributed by atoms with Crippen LogP contribution in [0.5, 0.6) is 0 Å². The van der Waals surface area contributed by atoms with E-state index in [1.54, 1.807) is 6.07 Å². The monoisotopic (exact) mass is 377 g/mol. The third-order valence-electron chi connectivity index (χ3n) is 5.02. The molecule has 1 aliphatic carbocycles. The molecule has 1 heterocycles. The first kappa shape index (κ1) is 17.9. The van der Waals surface area contributed by atoms with Crippen molar-refractivity contribution in [1.29, 1.82) is 0 Å². The van der Waals surface area contributed by atoms with Gasteiger partial charge in [-0.15, -0.1) is 0 Å². The number of furan rings is 1. The first-order valence-corrected chi connectivity index (χ1v) is 8.98. The van der Waals surface area contributed by atoms with Gasteiger partial charge in [0, 0.05) is 12.0 Å². The van der Waals surface area contributed by atoms with Gasteiger partial charge in [-0.05, 0) is 35.2 Å². The molecule has 0 saturated heterocycles. The number of hydrogen-bond donors (Lipinski definition) is 1. The lowest BCUT2D eigenvalue weighted by Gasteiger charge is -2.24. The molecule has 6 nitrogen and oxygen atoms in total. The van der Waals surface area contributed by atoms with Crippen LogP contribution in [0.3, 0.4) is 0 Å². The molecule has 1 aliphatic rings. The number of nitrogens with zero attached hydrogens (tertiary/aromatic N) is 1. The van der Waals surface area contributed by atoms with Crippen LogP contribution in [0, 0.1) is 0 Å². The maximum absolute atomic E-state index is 12.7. The summed E-state index contributed by atoms with van der Waals surface area (Å²) in [6.07, 6.45) is 0.625. The maximum atomic E-state index is 12.7. The fourth-order valence-corrected chi connectivity index (χ4v) is 3.62. The van der Waals surface area contributed by atoms with Gasteiger partial charge in [0.2, 0.25) is 5.88 Å². The molecule has 0 spiro atoms. The number of rotatable bonds is 5. The Hall–Kier alpha value is -3.54. The zero-order valence-corrected chi connectivity index (χ0v) is 15.2. The zero-order chi connectivity index (χ0) is 19.7. The number of carbonyl (C=O) groups is 2. The highest BCUT2D eigenvalue weighted by Crippen LogP contribution is 2.44. The second-order valence-electron chi connectivity index (χ2n) is 6.64. The fourth-order valence-electron chi connectivity index (χ4n) is 3.62. The van der Waals surface area contributed by atoms with Crippen LogP contribution in [-0.2, 0) is 9.53 Å². The summed E-state index contributed by atoms with van der Waals surface area (Å²) in [6.45, 7) is 1.52. The molecule has 1 atom stereocenters. The molecule has 1 unspecified atom stereocenters. The van der Waals surface area contributed by atoms with E-state index in [0.717, 1.165) is 27.2 Å². The number of hydrogen-bond acceptors (Lipinski definition) is 4. The highest BCUT2D eigenvalue weighted by molar-refractivity contribution is 5.93. The Balaban J connectivity index is 1.58. The van der Waals surface area contributed by atoms with Crippen LogP contribution < -0.4 is 4.90 Å². The molecule has 142 valence electrons. The molecule has 3 aromatic rings. The molecule has 0 fully saturated rings. The first-order valence-electron chi connectivity index (χ1n) is 8.98. The second-order valence-corrected chi connectivity index (χ2v) is 6.64. The number of ether oxygens (including phenoxy) is 1. The Kier molecular flexibility index (Phi) is 4.61. The van der Waals surface area contributed by atoms with Gasteiger partial charge in [-0.1, -0.05) is 48.5 Å². The van der Waals surface area contributed by atoms with Crippen LogP contribution in [0.1, 0.15) is 24.0 Å². The average molecular weight is 377 g/mol. The van der Waals surface area contributed by atoms with Crippen LogP contribution in [0.2, 0.25) is 0 Å². The van der Waals surface area contributed by atoms with Crippen LogP contribution >= 0.6 is 0 Å². The van der Waals surface area contributed by atoms with E-state index in [0.29, 0.717) is 0 Å². The van der Waals surface area contributed by atoms with Crippen molar-refractivity contribution in [3.05, 3.63) is 78.1 Å². The first-order chi connectivity index (χ1) is 13.6. The molecule has 0 saturated carbocycles. The highest BCUT2D eigenvalue weighted by atomic mass is 16.6. The molecule has 0 radical (unpaired) electrons. The average Bonchev–Trinajstić information content (AvgIpc) is 3.33. The Bertz CT molecular complexity index is 966.